The Morgan fingerprint density at radius 1 is 1.32 bits per heavy atom. The van der Waals surface area contributed by atoms with Gasteiger partial charge in [0.15, 0.2) is 0 Å². The average Bonchev–Trinajstić information content (AvgIpc) is 2.86. The zero-order valence-electron chi connectivity index (χ0n) is 11.2. The molecule has 0 aliphatic rings. The van der Waals surface area contributed by atoms with Gasteiger partial charge in [0, 0.05) is 18.2 Å². The predicted octanol–water partition coefficient (Wildman–Crippen LogP) is 3.15. The summed E-state index contributed by atoms with van der Waals surface area (Å²) in [7, 11) is 1.41. The predicted molar refractivity (Wildman–Crippen MR) is 76.4 cm³/mol. The van der Waals surface area contributed by atoms with Gasteiger partial charge in [0.05, 0.1) is 24.2 Å². The number of ether oxygens (including phenoxy) is 1. The molecule has 0 saturated carbocycles. The van der Waals surface area contributed by atoms with Crippen LogP contribution in [0, 0.1) is 6.92 Å². The molecule has 0 unspecified atom stereocenters. The lowest BCUT2D eigenvalue weighted by molar-refractivity contribution is -0.140. The van der Waals surface area contributed by atoms with E-state index in [1.807, 2.05) is 5.38 Å². The third kappa shape index (κ3) is 4.17. The molecule has 19 heavy (non-hydrogen) atoms. The normalized spacial score (nSPS) is 10.4. The molecule has 1 heterocycles. The number of aromatic nitrogens is 1. The van der Waals surface area contributed by atoms with Crippen molar-refractivity contribution >= 4 is 17.3 Å². The minimum atomic E-state index is -0.187. The van der Waals surface area contributed by atoms with E-state index in [2.05, 4.69) is 40.9 Å². The molecule has 2 aromatic rings. The van der Waals surface area contributed by atoms with E-state index in [1.54, 1.807) is 11.3 Å². The number of thiazole rings is 1. The number of nitrogens with zero attached hydrogens (tertiary/aromatic N) is 1. The van der Waals surface area contributed by atoms with Gasteiger partial charge < -0.3 is 4.74 Å². The zero-order valence-corrected chi connectivity index (χ0v) is 12.0. The molecular formula is C15H17NO2S. The highest BCUT2D eigenvalue weighted by Crippen LogP contribution is 2.16. The Balaban J connectivity index is 1.93. The number of esters is 1. The lowest BCUT2D eigenvalue weighted by Gasteiger charge is -1.99. The molecule has 2 rings (SSSR count). The first-order chi connectivity index (χ1) is 9.17. The molecule has 0 aliphatic carbocycles. The van der Waals surface area contributed by atoms with Crippen molar-refractivity contribution in [1.82, 2.24) is 4.98 Å². The fourth-order valence-corrected chi connectivity index (χ4v) is 2.62. The molecule has 0 radical (unpaired) electrons. The first-order valence-corrected chi connectivity index (χ1v) is 7.11. The molecular weight excluding hydrogens is 258 g/mol. The van der Waals surface area contributed by atoms with Gasteiger partial charge in [0.1, 0.15) is 0 Å². The van der Waals surface area contributed by atoms with E-state index < -0.39 is 0 Å². The quantitative estimate of drug-likeness (QED) is 0.787. The summed E-state index contributed by atoms with van der Waals surface area (Å²) in [5.41, 5.74) is 3.50. The Morgan fingerprint density at radius 2 is 2.05 bits per heavy atom. The van der Waals surface area contributed by atoms with Crippen LogP contribution < -0.4 is 0 Å². The second-order valence-electron chi connectivity index (χ2n) is 4.47. The monoisotopic (exact) mass is 275 g/mol. The van der Waals surface area contributed by atoms with E-state index in [4.69, 9.17) is 0 Å². The van der Waals surface area contributed by atoms with Gasteiger partial charge in [-0.1, -0.05) is 29.8 Å². The maximum atomic E-state index is 11.1. The van der Waals surface area contributed by atoms with Crippen LogP contribution in [-0.2, 0) is 22.4 Å². The highest BCUT2D eigenvalue weighted by atomic mass is 32.1. The zero-order chi connectivity index (χ0) is 13.7. The van der Waals surface area contributed by atoms with Gasteiger partial charge in [0.25, 0.3) is 0 Å². The van der Waals surface area contributed by atoms with Crippen LogP contribution in [0.3, 0.4) is 0 Å². The lowest BCUT2D eigenvalue weighted by atomic mass is 10.1. The minimum absolute atomic E-state index is 0.187. The number of carbonyl (C=O) groups excluding carboxylic acids is 1. The smallest absolute Gasteiger partial charge is 0.305 e. The highest BCUT2D eigenvalue weighted by Gasteiger charge is 2.06. The Hall–Kier alpha value is -1.68. The summed E-state index contributed by atoms with van der Waals surface area (Å²) in [6.45, 7) is 2.08. The van der Waals surface area contributed by atoms with E-state index in [0.717, 1.165) is 17.1 Å². The fraction of sp³-hybridized carbons (Fsp3) is 0.333. The summed E-state index contributed by atoms with van der Waals surface area (Å²) in [5, 5.41) is 3.11. The van der Waals surface area contributed by atoms with Gasteiger partial charge in [-0.2, -0.15) is 0 Å². The highest BCUT2D eigenvalue weighted by molar-refractivity contribution is 7.09. The summed E-state index contributed by atoms with van der Waals surface area (Å²) in [4.78, 5) is 15.6. The largest absolute Gasteiger partial charge is 0.469 e. The number of rotatable bonds is 5. The summed E-state index contributed by atoms with van der Waals surface area (Å²) < 4.78 is 4.62. The third-order valence-corrected chi connectivity index (χ3v) is 3.79. The lowest BCUT2D eigenvalue weighted by Crippen LogP contribution is -2.02. The van der Waals surface area contributed by atoms with Crippen molar-refractivity contribution in [3.8, 4) is 0 Å². The maximum absolute atomic E-state index is 11.1. The summed E-state index contributed by atoms with van der Waals surface area (Å²) in [6, 6.07) is 8.48. The Kier molecular flexibility index (Phi) is 4.68. The molecule has 0 aliphatic heterocycles. The van der Waals surface area contributed by atoms with E-state index in [-0.39, 0.29) is 5.97 Å². The average molecular weight is 275 g/mol. The second kappa shape index (κ2) is 6.48. The van der Waals surface area contributed by atoms with Gasteiger partial charge in [-0.05, 0) is 12.5 Å². The summed E-state index contributed by atoms with van der Waals surface area (Å²) in [5.74, 6) is -0.187. The van der Waals surface area contributed by atoms with Crippen molar-refractivity contribution in [1.29, 1.82) is 0 Å². The van der Waals surface area contributed by atoms with Crippen LogP contribution in [0.1, 0.15) is 28.2 Å². The van der Waals surface area contributed by atoms with E-state index in [1.165, 1.54) is 18.2 Å². The number of methoxy groups -OCH3 is 1. The van der Waals surface area contributed by atoms with Crippen molar-refractivity contribution in [3.63, 3.8) is 0 Å². The molecule has 0 spiro atoms. The topological polar surface area (TPSA) is 39.2 Å². The molecule has 4 heteroatoms. The SMILES string of the molecule is COC(=O)CCc1csc(Cc2ccc(C)cc2)n1. The van der Waals surface area contributed by atoms with Crippen LogP contribution in [0.15, 0.2) is 29.6 Å². The van der Waals surface area contributed by atoms with Crippen molar-refractivity contribution in [2.45, 2.75) is 26.2 Å². The standard InChI is InChI=1S/C15H17NO2S/c1-11-3-5-12(6-4-11)9-14-16-13(10-19-14)7-8-15(17)18-2/h3-6,10H,7-9H2,1-2H3. The van der Waals surface area contributed by atoms with Gasteiger partial charge >= 0.3 is 5.97 Å². The Labute approximate surface area is 117 Å². The van der Waals surface area contributed by atoms with Crippen LogP contribution in [-0.4, -0.2) is 18.1 Å². The van der Waals surface area contributed by atoms with Crippen molar-refractivity contribution < 1.29 is 9.53 Å². The Bertz CT molecular complexity index is 546. The van der Waals surface area contributed by atoms with Crippen molar-refractivity contribution in [3.05, 3.63) is 51.5 Å². The van der Waals surface area contributed by atoms with Gasteiger partial charge in [-0.25, -0.2) is 4.98 Å². The minimum Gasteiger partial charge on any atom is -0.469 e. The number of carbonyl (C=O) groups is 1. The van der Waals surface area contributed by atoms with Crippen molar-refractivity contribution in [2.75, 3.05) is 7.11 Å². The molecule has 0 fully saturated rings. The van der Waals surface area contributed by atoms with Crippen LogP contribution >= 0.6 is 11.3 Å². The van der Waals surface area contributed by atoms with Gasteiger partial charge in [-0.15, -0.1) is 11.3 Å². The third-order valence-electron chi connectivity index (χ3n) is 2.89. The number of hydrogen-bond donors (Lipinski definition) is 0. The van der Waals surface area contributed by atoms with E-state index >= 15 is 0 Å². The molecule has 3 nitrogen and oxygen atoms in total. The van der Waals surface area contributed by atoms with Crippen molar-refractivity contribution in [2.24, 2.45) is 0 Å². The number of aryl methyl sites for hydroxylation is 2. The molecule has 100 valence electrons. The summed E-state index contributed by atoms with van der Waals surface area (Å²) >= 11 is 1.64. The van der Waals surface area contributed by atoms with E-state index in [0.29, 0.717) is 12.8 Å². The van der Waals surface area contributed by atoms with Gasteiger partial charge in [0.2, 0.25) is 0 Å². The van der Waals surface area contributed by atoms with Gasteiger partial charge in [-0.3, -0.25) is 4.79 Å². The van der Waals surface area contributed by atoms with Crippen LogP contribution in [0.4, 0.5) is 0 Å². The first-order valence-electron chi connectivity index (χ1n) is 6.23. The molecule has 0 N–H and O–H groups in total. The first kappa shape index (κ1) is 13.7. The fourth-order valence-electron chi connectivity index (χ4n) is 1.76. The second-order valence-corrected chi connectivity index (χ2v) is 5.41. The molecule has 1 aromatic carbocycles. The van der Waals surface area contributed by atoms with E-state index in [9.17, 15) is 4.79 Å². The molecule has 0 saturated heterocycles. The number of benzene rings is 1. The Morgan fingerprint density at radius 3 is 2.74 bits per heavy atom. The molecule has 0 atom stereocenters. The molecule has 0 amide bonds. The molecule has 1 aromatic heterocycles. The van der Waals surface area contributed by atoms with Crippen LogP contribution in [0.5, 0.6) is 0 Å². The molecule has 0 bridgehead atoms. The van der Waals surface area contributed by atoms with Crippen LogP contribution in [0.25, 0.3) is 0 Å². The summed E-state index contributed by atoms with van der Waals surface area (Å²) in [6.07, 6.45) is 1.89. The number of hydrogen-bond acceptors (Lipinski definition) is 4. The van der Waals surface area contributed by atoms with Crippen LogP contribution in [0.2, 0.25) is 0 Å². The maximum Gasteiger partial charge on any atom is 0.305 e.